The highest BCUT2D eigenvalue weighted by molar-refractivity contribution is 7.92. The Labute approximate surface area is 211 Å². The van der Waals surface area contributed by atoms with E-state index in [4.69, 9.17) is 0 Å². The highest BCUT2D eigenvalue weighted by Gasteiger charge is 2.33. The van der Waals surface area contributed by atoms with Crippen molar-refractivity contribution < 1.29 is 22.4 Å². The fraction of sp³-hybridized carbons (Fsp3) is 0.259. The second-order valence-electron chi connectivity index (χ2n) is 8.13. The van der Waals surface area contributed by atoms with Crippen molar-refractivity contribution >= 4 is 27.5 Å². The predicted molar refractivity (Wildman–Crippen MR) is 137 cm³/mol. The lowest BCUT2D eigenvalue weighted by atomic mass is 10.1. The van der Waals surface area contributed by atoms with E-state index in [9.17, 15) is 22.4 Å². The molecule has 0 spiro atoms. The van der Waals surface area contributed by atoms with E-state index in [0.717, 1.165) is 22.0 Å². The number of nitrogens with zero attached hydrogens (tertiary/aromatic N) is 2. The molecule has 0 fully saturated rings. The van der Waals surface area contributed by atoms with Gasteiger partial charge in [-0.3, -0.25) is 13.9 Å². The molecule has 0 aliphatic rings. The molecule has 190 valence electrons. The molecule has 3 aromatic rings. The molecule has 7 nitrogen and oxygen atoms in total. The van der Waals surface area contributed by atoms with Gasteiger partial charge in [-0.05, 0) is 55.3 Å². The molecule has 0 heterocycles. The van der Waals surface area contributed by atoms with Crippen LogP contribution in [0.4, 0.5) is 10.1 Å². The number of anilines is 1. The molecule has 0 aliphatic heterocycles. The van der Waals surface area contributed by atoms with E-state index >= 15 is 0 Å². The van der Waals surface area contributed by atoms with Crippen molar-refractivity contribution in [3.8, 4) is 0 Å². The normalized spacial score (nSPS) is 12.0. The molecular weight excluding hydrogens is 481 g/mol. The number of likely N-dealkylation sites (N-methyl/N-ethyl adjacent to an activating group) is 1. The molecule has 0 bridgehead atoms. The lowest BCUT2D eigenvalue weighted by Crippen LogP contribution is -2.52. The molecule has 0 saturated heterocycles. The Bertz CT molecular complexity index is 1250. The molecule has 9 heteroatoms. The summed E-state index contributed by atoms with van der Waals surface area (Å²) in [5, 5.41) is 2.76. The van der Waals surface area contributed by atoms with Crippen molar-refractivity contribution in [2.24, 2.45) is 0 Å². The molecule has 3 aromatic carbocycles. The molecule has 36 heavy (non-hydrogen) atoms. The number of halogens is 1. The Balaban J connectivity index is 2.03. The minimum Gasteiger partial charge on any atom is -0.355 e. The summed E-state index contributed by atoms with van der Waals surface area (Å²) in [4.78, 5) is 28.0. The van der Waals surface area contributed by atoms with Crippen LogP contribution in [-0.2, 0) is 26.2 Å². The fourth-order valence-corrected chi connectivity index (χ4v) is 5.28. The summed E-state index contributed by atoms with van der Waals surface area (Å²) < 4.78 is 41.8. The molecule has 1 unspecified atom stereocenters. The number of carbonyl (C=O) groups is 2. The molecule has 2 amide bonds. The zero-order valence-electron chi connectivity index (χ0n) is 20.3. The first kappa shape index (κ1) is 26.9. The van der Waals surface area contributed by atoms with Gasteiger partial charge < -0.3 is 10.2 Å². The largest absolute Gasteiger partial charge is 0.355 e. The number of hydrogen-bond acceptors (Lipinski definition) is 4. The second kappa shape index (κ2) is 12.3. The minimum absolute atomic E-state index is 0.00694. The van der Waals surface area contributed by atoms with Crippen LogP contribution >= 0.6 is 0 Å². The highest BCUT2D eigenvalue weighted by atomic mass is 32.2. The van der Waals surface area contributed by atoms with Gasteiger partial charge in [-0.2, -0.15) is 0 Å². The molecular formula is C27H30FN3O4S. The molecule has 0 aliphatic carbocycles. The number of hydrogen-bond donors (Lipinski definition) is 1. The van der Waals surface area contributed by atoms with Gasteiger partial charge in [-0.1, -0.05) is 55.5 Å². The number of sulfonamides is 1. The summed E-state index contributed by atoms with van der Waals surface area (Å²) in [7, 11) is -4.17. The molecule has 1 atom stereocenters. The molecule has 1 N–H and O–H groups in total. The quantitative estimate of drug-likeness (QED) is 0.422. The highest BCUT2D eigenvalue weighted by Crippen LogP contribution is 2.25. The van der Waals surface area contributed by atoms with Crippen molar-refractivity contribution in [2.75, 3.05) is 17.4 Å². The first-order valence-corrected chi connectivity index (χ1v) is 13.2. The van der Waals surface area contributed by atoms with E-state index < -0.39 is 34.3 Å². The van der Waals surface area contributed by atoms with Gasteiger partial charge in [0.1, 0.15) is 18.4 Å². The first-order valence-electron chi connectivity index (χ1n) is 11.7. The molecule has 3 rings (SSSR count). The molecule has 0 radical (unpaired) electrons. The van der Waals surface area contributed by atoms with Crippen molar-refractivity contribution in [3.63, 3.8) is 0 Å². The van der Waals surface area contributed by atoms with Gasteiger partial charge in [-0.15, -0.1) is 0 Å². The van der Waals surface area contributed by atoms with E-state index in [0.29, 0.717) is 13.0 Å². The van der Waals surface area contributed by atoms with Gasteiger partial charge in [0.2, 0.25) is 11.8 Å². The summed E-state index contributed by atoms with van der Waals surface area (Å²) in [5.41, 5.74) is 0.937. The Morgan fingerprint density at radius 3 is 2.03 bits per heavy atom. The number of nitrogens with one attached hydrogen (secondary N) is 1. The van der Waals surface area contributed by atoms with Gasteiger partial charge in [0.15, 0.2) is 0 Å². The SMILES string of the molecule is CCNC(=O)C(CC)N(Cc1ccccc1)C(=O)CN(c1ccc(F)cc1)S(=O)(=O)c1ccccc1. The Hall–Kier alpha value is -3.72. The molecule has 0 saturated carbocycles. The summed E-state index contributed by atoms with van der Waals surface area (Å²) in [5.74, 6) is -1.40. The summed E-state index contributed by atoms with van der Waals surface area (Å²) in [6.07, 6.45) is 0.340. The average Bonchev–Trinajstić information content (AvgIpc) is 2.89. The third-order valence-electron chi connectivity index (χ3n) is 5.66. The van der Waals surface area contributed by atoms with Crippen LogP contribution in [0.2, 0.25) is 0 Å². The van der Waals surface area contributed by atoms with Crippen LogP contribution in [0.5, 0.6) is 0 Å². The summed E-state index contributed by atoms with van der Waals surface area (Å²) in [6.45, 7) is 3.54. The standard InChI is InChI=1S/C27H30FN3O4S/c1-3-25(27(33)29-4-2)30(19-21-11-7-5-8-12-21)26(32)20-31(23-17-15-22(28)16-18-23)36(34,35)24-13-9-6-10-14-24/h5-18,25H,3-4,19-20H2,1-2H3,(H,29,33). The van der Waals surface area contributed by atoms with Gasteiger partial charge in [0.25, 0.3) is 10.0 Å². The number of rotatable bonds is 11. The van der Waals surface area contributed by atoms with Crippen LogP contribution in [0.3, 0.4) is 0 Å². The maximum absolute atomic E-state index is 13.8. The average molecular weight is 512 g/mol. The second-order valence-corrected chi connectivity index (χ2v) is 9.99. The maximum atomic E-state index is 13.8. The van der Waals surface area contributed by atoms with E-state index in [1.807, 2.05) is 30.3 Å². The van der Waals surface area contributed by atoms with Crippen molar-refractivity contribution in [2.45, 2.75) is 37.8 Å². The van der Waals surface area contributed by atoms with Crippen LogP contribution in [-0.4, -0.2) is 44.3 Å². The number of carbonyl (C=O) groups excluding carboxylic acids is 2. The van der Waals surface area contributed by atoms with Crippen LogP contribution in [0, 0.1) is 5.82 Å². The third-order valence-corrected chi connectivity index (χ3v) is 7.45. The van der Waals surface area contributed by atoms with Gasteiger partial charge in [0, 0.05) is 13.1 Å². The smallest absolute Gasteiger partial charge is 0.264 e. The first-order chi connectivity index (χ1) is 17.3. The fourth-order valence-electron chi connectivity index (χ4n) is 3.85. The van der Waals surface area contributed by atoms with Crippen LogP contribution < -0.4 is 9.62 Å². The van der Waals surface area contributed by atoms with E-state index in [1.54, 1.807) is 32.0 Å². The van der Waals surface area contributed by atoms with Crippen molar-refractivity contribution in [3.05, 3.63) is 96.3 Å². The van der Waals surface area contributed by atoms with Gasteiger partial charge in [-0.25, -0.2) is 12.8 Å². The van der Waals surface area contributed by atoms with Gasteiger partial charge >= 0.3 is 0 Å². The summed E-state index contributed by atoms with van der Waals surface area (Å²) >= 11 is 0. The monoisotopic (exact) mass is 511 g/mol. The van der Waals surface area contributed by atoms with Crippen molar-refractivity contribution in [1.29, 1.82) is 0 Å². The predicted octanol–water partition coefficient (Wildman–Crippen LogP) is 3.96. The third kappa shape index (κ3) is 6.48. The zero-order valence-corrected chi connectivity index (χ0v) is 21.1. The maximum Gasteiger partial charge on any atom is 0.264 e. The lowest BCUT2D eigenvalue weighted by molar-refractivity contribution is -0.140. The Kier molecular flexibility index (Phi) is 9.19. The molecule has 0 aromatic heterocycles. The van der Waals surface area contributed by atoms with Crippen molar-refractivity contribution in [1.82, 2.24) is 10.2 Å². The van der Waals surface area contributed by atoms with E-state index in [-0.39, 0.29) is 23.0 Å². The van der Waals surface area contributed by atoms with E-state index in [2.05, 4.69) is 5.32 Å². The minimum atomic E-state index is -4.17. The van der Waals surface area contributed by atoms with Gasteiger partial charge in [0.05, 0.1) is 10.6 Å². The number of amides is 2. The summed E-state index contributed by atoms with van der Waals surface area (Å²) in [6, 6.07) is 21.0. The zero-order chi connectivity index (χ0) is 26.1. The number of benzene rings is 3. The van der Waals surface area contributed by atoms with Crippen LogP contribution in [0.1, 0.15) is 25.8 Å². The van der Waals surface area contributed by atoms with E-state index in [1.165, 1.54) is 29.2 Å². The van der Waals surface area contributed by atoms with Crippen LogP contribution in [0.25, 0.3) is 0 Å². The lowest BCUT2D eigenvalue weighted by Gasteiger charge is -2.33. The Morgan fingerprint density at radius 1 is 0.889 bits per heavy atom. The Morgan fingerprint density at radius 2 is 1.47 bits per heavy atom. The van der Waals surface area contributed by atoms with Crippen LogP contribution in [0.15, 0.2) is 89.8 Å². The topological polar surface area (TPSA) is 86.8 Å².